The van der Waals surface area contributed by atoms with Crippen LogP contribution < -0.4 is 4.72 Å². The van der Waals surface area contributed by atoms with Crippen LogP contribution in [-0.2, 0) is 14.8 Å². The first-order valence-electron chi connectivity index (χ1n) is 6.15. The Labute approximate surface area is 110 Å². The van der Waals surface area contributed by atoms with Crippen LogP contribution in [0, 0.1) is 17.8 Å². The second kappa shape index (κ2) is 4.35. The molecule has 6 heteroatoms. The van der Waals surface area contributed by atoms with Crippen LogP contribution in [0.2, 0.25) is 0 Å². The average molecular weight is 285 g/mol. The number of sulfonamides is 1. The highest BCUT2D eigenvalue weighted by atomic mass is 32.2. The molecule has 3 unspecified atom stereocenters. The van der Waals surface area contributed by atoms with E-state index in [4.69, 9.17) is 0 Å². The van der Waals surface area contributed by atoms with Gasteiger partial charge in [0.15, 0.2) is 0 Å². The van der Waals surface area contributed by atoms with Gasteiger partial charge in [-0.2, -0.15) is 11.3 Å². The largest absolute Gasteiger partial charge is 0.274 e. The number of rotatable bonds is 3. The van der Waals surface area contributed by atoms with Crippen LogP contribution in [0.3, 0.4) is 0 Å². The van der Waals surface area contributed by atoms with E-state index in [2.05, 4.69) is 4.72 Å². The number of carbonyl (C=O) groups excluding carboxylic acids is 1. The molecule has 2 fully saturated rings. The van der Waals surface area contributed by atoms with E-state index < -0.39 is 10.0 Å². The minimum atomic E-state index is -3.66. The van der Waals surface area contributed by atoms with Crippen LogP contribution in [0.1, 0.15) is 25.7 Å². The topological polar surface area (TPSA) is 63.2 Å². The lowest BCUT2D eigenvalue weighted by Crippen LogP contribution is -2.36. The van der Waals surface area contributed by atoms with E-state index in [1.807, 2.05) is 0 Å². The third-order valence-electron chi connectivity index (χ3n) is 3.95. The Morgan fingerprint density at radius 2 is 2.11 bits per heavy atom. The van der Waals surface area contributed by atoms with Gasteiger partial charge in [-0.25, -0.2) is 13.1 Å². The molecule has 4 nitrogen and oxygen atoms in total. The van der Waals surface area contributed by atoms with Crippen molar-refractivity contribution >= 4 is 27.3 Å². The molecule has 0 aliphatic heterocycles. The van der Waals surface area contributed by atoms with E-state index >= 15 is 0 Å². The van der Waals surface area contributed by atoms with Crippen LogP contribution in [0.4, 0.5) is 0 Å². The van der Waals surface area contributed by atoms with Gasteiger partial charge >= 0.3 is 0 Å². The number of hydrogen-bond donors (Lipinski definition) is 1. The summed E-state index contributed by atoms with van der Waals surface area (Å²) < 4.78 is 26.0. The first kappa shape index (κ1) is 12.2. The van der Waals surface area contributed by atoms with Crippen molar-refractivity contribution < 1.29 is 13.2 Å². The Hall–Kier alpha value is -0.880. The molecule has 0 saturated heterocycles. The molecule has 1 aromatic rings. The van der Waals surface area contributed by atoms with E-state index in [1.165, 1.54) is 29.2 Å². The summed E-state index contributed by atoms with van der Waals surface area (Å²) in [6.07, 6.45) is 3.98. The third kappa shape index (κ3) is 2.31. The Morgan fingerprint density at radius 3 is 2.78 bits per heavy atom. The zero-order valence-corrected chi connectivity index (χ0v) is 11.5. The van der Waals surface area contributed by atoms with Crippen molar-refractivity contribution in [3.8, 4) is 0 Å². The van der Waals surface area contributed by atoms with Gasteiger partial charge < -0.3 is 0 Å². The van der Waals surface area contributed by atoms with Gasteiger partial charge in [-0.05, 0) is 49.0 Å². The van der Waals surface area contributed by atoms with Crippen LogP contribution in [0.25, 0.3) is 0 Å². The van der Waals surface area contributed by atoms with Crippen molar-refractivity contribution in [2.45, 2.75) is 30.6 Å². The molecule has 1 aromatic heterocycles. The molecule has 0 radical (unpaired) electrons. The molecular formula is C12H15NO3S2. The van der Waals surface area contributed by atoms with Crippen molar-refractivity contribution in [1.82, 2.24) is 4.72 Å². The van der Waals surface area contributed by atoms with E-state index in [1.54, 1.807) is 5.38 Å². The predicted octanol–water partition coefficient (Wildman–Crippen LogP) is 1.99. The third-order valence-corrected chi connectivity index (χ3v) is 6.13. The number of fused-ring (bicyclic) bond motifs is 1. The van der Waals surface area contributed by atoms with Gasteiger partial charge in [-0.1, -0.05) is 0 Å². The van der Waals surface area contributed by atoms with Crippen LogP contribution in [0.5, 0.6) is 0 Å². The molecule has 2 saturated carbocycles. The van der Waals surface area contributed by atoms with Gasteiger partial charge in [0.25, 0.3) is 10.0 Å². The molecule has 18 heavy (non-hydrogen) atoms. The minimum Gasteiger partial charge on any atom is -0.274 e. The lowest BCUT2D eigenvalue weighted by Gasteiger charge is -2.20. The van der Waals surface area contributed by atoms with Crippen molar-refractivity contribution in [1.29, 1.82) is 0 Å². The molecule has 1 amide bonds. The highest BCUT2D eigenvalue weighted by Gasteiger charge is 2.44. The first-order valence-corrected chi connectivity index (χ1v) is 8.58. The van der Waals surface area contributed by atoms with Crippen molar-refractivity contribution in [3.05, 3.63) is 16.8 Å². The van der Waals surface area contributed by atoms with Gasteiger partial charge in [0.2, 0.25) is 5.91 Å². The molecule has 2 aliphatic carbocycles. The number of amides is 1. The molecule has 1 N–H and O–H groups in total. The fraction of sp³-hybridized carbons (Fsp3) is 0.583. The fourth-order valence-corrected chi connectivity index (χ4v) is 4.84. The van der Waals surface area contributed by atoms with Gasteiger partial charge in [0, 0.05) is 11.3 Å². The maximum atomic E-state index is 12.0. The summed E-state index contributed by atoms with van der Waals surface area (Å²) in [5, 5.41) is 3.22. The predicted molar refractivity (Wildman–Crippen MR) is 68.6 cm³/mol. The quantitative estimate of drug-likeness (QED) is 0.923. The lowest BCUT2D eigenvalue weighted by atomic mass is 9.89. The molecule has 0 bridgehead atoms. The zero-order chi connectivity index (χ0) is 12.8. The Kier molecular flexibility index (Phi) is 2.94. The second-order valence-electron chi connectivity index (χ2n) is 5.19. The van der Waals surface area contributed by atoms with E-state index in [0.29, 0.717) is 5.92 Å². The van der Waals surface area contributed by atoms with Crippen molar-refractivity contribution in [2.75, 3.05) is 0 Å². The maximum absolute atomic E-state index is 12.0. The van der Waals surface area contributed by atoms with Gasteiger partial charge in [-0.15, -0.1) is 0 Å². The summed E-state index contributed by atoms with van der Waals surface area (Å²) in [4.78, 5) is 12.2. The average Bonchev–Trinajstić information content (AvgIpc) is 2.86. The standard InChI is InChI=1S/C12H15NO3S2/c14-12(9-2-1-8-5-10(8)6-9)13-18(15,16)11-3-4-17-7-11/h3-4,7-10H,1-2,5-6H2,(H,13,14). The fourth-order valence-electron chi connectivity index (χ4n) is 2.77. The summed E-state index contributed by atoms with van der Waals surface area (Å²) in [7, 11) is -3.66. The van der Waals surface area contributed by atoms with Gasteiger partial charge in [0.1, 0.15) is 0 Å². The number of hydrogen-bond acceptors (Lipinski definition) is 4. The van der Waals surface area contributed by atoms with Gasteiger partial charge in [-0.3, -0.25) is 4.79 Å². The summed E-state index contributed by atoms with van der Waals surface area (Å²) in [6.45, 7) is 0. The minimum absolute atomic E-state index is 0.123. The SMILES string of the molecule is O=C(NS(=O)(=O)c1ccsc1)C1CCC2CC2C1. The van der Waals surface area contributed by atoms with Crippen LogP contribution in [0.15, 0.2) is 21.7 Å². The summed E-state index contributed by atoms with van der Waals surface area (Å²) in [5.41, 5.74) is 0. The molecule has 3 rings (SSSR count). The molecule has 98 valence electrons. The summed E-state index contributed by atoms with van der Waals surface area (Å²) in [6, 6.07) is 1.51. The van der Waals surface area contributed by atoms with Crippen LogP contribution >= 0.6 is 11.3 Å². The lowest BCUT2D eigenvalue weighted by molar-refractivity contribution is -0.124. The Bertz CT molecular complexity index is 550. The highest BCUT2D eigenvalue weighted by Crippen LogP contribution is 2.51. The summed E-state index contributed by atoms with van der Waals surface area (Å²) in [5.74, 6) is 1.02. The van der Waals surface area contributed by atoms with Crippen molar-refractivity contribution in [2.24, 2.45) is 17.8 Å². The monoisotopic (exact) mass is 285 g/mol. The van der Waals surface area contributed by atoms with E-state index in [9.17, 15) is 13.2 Å². The number of carbonyl (C=O) groups is 1. The van der Waals surface area contributed by atoms with Gasteiger partial charge in [0.05, 0.1) is 4.90 Å². The van der Waals surface area contributed by atoms with E-state index in [0.717, 1.165) is 25.2 Å². The highest BCUT2D eigenvalue weighted by molar-refractivity contribution is 7.90. The van der Waals surface area contributed by atoms with E-state index in [-0.39, 0.29) is 16.7 Å². The number of nitrogens with one attached hydrogen (secondary N) is 1. The molecule has 3 atom stereocenters. The molecule has 2 aliphatic rings. The molecule has 1 heterocycles. The maximum Gasteiger partial charge on any atom is 0.264 e. The molecule has 0 aromatic carbocycles. The van der Waals surface area contributed by atoms with Crippen molar-refractivity contribution in [3.63, 3.8) is 0 Å². The number of thiophene rings is 1. The Morgan fingerprint density at radius 1 is 1.28 bits per heavy atom. The summed E-state index contributed by atoms with van der Waals surface area (Å²) >= 11 is 1.31. The smallest absolute Gasteiger partial charge is 0.264 e. The Balaban J connectivity index is 1.67. The second-order valence-corrected chi connectivity index (χ2v) is 7.66. The van der Waals surface area contributed by atoms with Crippen LogP contribution in [-0.4, -0.2) is 14.3 Å². The normalized spacial score (nSPS) is 30.6. The molecule has 0 spiro atoms. The molecular weight excluding hydrogens is 270 g/mol. The first-order chi connectivity index (χ1) is 8.56. The zero-order valence-electron chi connectivity index (χ0n) is 9.83.